The van der Waals surface area contributed by atoms with Crippen molar-refractivity contribution in [3.05, 3.63) is 64.4 Å². The van der Waals surface area contributed by atoms with E-state index >= 15 is 0 Å². The molecule has 3 N–H and O–H groups in total. The Labute approximate surface area is 120 Å². The molecule has 0 aliphatic heterocycles. The van der Waals surface area contributed by atoms with E-state index in [4.69, 9.17) is 27.3 Å². The third-order valence-electron chi connectivity index (χ3n) is 2.67. The minimum Gasteiger partial charge on any atom is -0.488 e. The summed E-state index contributed by atoms with van der Waals surface area (Å²) in [6, 6.07) is 11.0. The fourth-order valence-electron chi connectivity index (χ4n) is 1.65. The lowest BCUT2D eigenvalue weighted by molar-refractivity contribution is 0.303. The van der Waals surface area contributed by atoms with Gasteiger partial charge >= 0.3 is 0 Å². The molecule has 2 aromatic carbocycles. The molecule has 104 valence electrons. The van der Waals surface area contributed by atoms with Crippen molar-refractivity contribution >= 4 is 17.4 Å². The van der Waals surface area contributed by atoms with Gasteiger partial charge in [-0.15, -0.1) is 0 Å². The molecule has 0 aliphatic rings. The predicted octanol–water partition coefficient (Wildman–Crippen LogP) is 3.15. The van der Waals surface area contributed by atoms with E-state index in [0.29, 0.717) is 10.8 Å². The van der Waals surface area contributed by atoms with Crippen LogP contribution in [0.4, 0.5) is 4.39 Å². The molecule has 0 amide bonds. The molecule has 0 bridgehead atoms. The second kappa shape index (κ2) is 6.25. The van der Waals surface area contributed by atoms with Crippen molar-refractivity contribution in [2.75, 3.05) is 0 Å². The van der Waals surface area contributed by atoms with Gasteiger partial charge in [0.25, 0.3) is 0 Å². The van der Waals surface area contributed by atoms with Gasteiger partial charge in [0, 0.05) is 10.6 Å². The zero-order valence-electron chi connectivity index (χ0n) is 10.4. The molecule has 0 spiro atoms. The first-order chi connectivity index (χ1) is 9.61. The standard InChI is InChI=1S/C14H12ClFN2O2/c15-12-4-2-1-3-9(12)8-20-13-6-5-10(16)7-11(13)14(17)18-19/h1-7,19H,8H2,(H2,17,18). The number of hydrogen-bond acceptors (Lipinski definition) is 3. The average Bonchev–Trinajstić information content (AvgIpc) is 2.46. The Balaban J connectivity index is 2.24. The number of halogens is 2. The highest BCUT2D eigenvalue weighted by atomic mass is 35.5. The molecule has 0 saturated carbocycles. The summed E-state index contributed by atoms with van der Waals surface area (Å²) in [6.45, 7) is 0.191. The minimum atomic E-state index is -0.503. The maximum Gasteiger partial charge on any atom is 0.173 e. The number of hydrogen-bond donors (Lipinski definition) is 2. The van der Waals surface area contributed by atoms with Crippen LogP contribution in [0.5, 0.6) is 5.75 Å². The first-order valence-corrected chi connectivity index (χ1v) is 6.13. The van der Waals surface area contributed by atoms with Crippen molar-refractivity contribution < 1.29 is 14.3 Å². The fraction of sp³-hybridized carbons (Fsp3) is 0.0714. The molecule has 0 aliphatic carbocycles. The first-order valence-electron chi connectivity index (χ1n) is 5.75. The number of amidine groups is 1. The molecule has 0 saturated heterocycles. The van der Waals surface area contributed by atoms with E-state index in [2.05, 4.69) is 5.16 Å². The summed E-state index contributed by atoms with van der Waals surface area (Å²) in [7, 11) is 0. The highest BCUT2D eigenvalue weighted by molar-refractivity contribution is 6.31. The van der Waals surface area contributed by atoms with Crippen LogP contribution < -0.4 is 10.5 Å². The molecule has 0 unspecified atom stereocenters. The largest absolute Gasteiger partial charge is 0.488 e. The Hall–Kier alpha value is -2.27. The Bertz CT molecular complexity index is 647. The van der Waals surface area contributed by atoms with Crippen molar-refractivity contribution in [1.29, 1.82) is 0 Å². The van der Waals surface area contributed by atoms with Crippen molar-refractivity contribution in [2.45, 2.75) is 6.61 Å². The van der Waals surface area contributed by atoms with Gasteiger partial charge in [0.2, 0.25) is 0 Å². The lowest BCUT2D eigenvalue weighted by Crippen LogP contribution is -2.15. The summed E-state index contributed by atoms with van der Waals surface area (Å²) in [5, 5.41) is 12.1. The Morgan fingerprint density at radius 1 is 1.30 bits per heavy atom. The van der Waals surface area contributed by atoms with Gasteiger partial charge in [0.1, 0.15) is 18.2 Å². The Morgan fingerprint density at radius 2 is 2.05 bits per heavy atom. The van der Waals surface area contributed by atoms with Crippen LogP contribution in [0.15, 0.2) is 47.6 Å². The van der Waals surface area contributed by atoms with Crippen molar-refractivity contribution in [3.63, 3.8) is 0 Å². The van der Waals surface area contributed by atoms with Gasteiger partial charge in [0.05, 0.1) is 5.56 Å². The van der Waals surface area contributed by atoms with E-state index in [0.717, 1.165) is 11.6 Å². The van der Waals surface area contributed by atoms with Crippen LogP contribution in [0, 0.1) is 5.82 Å². The number of nitrogens with zero attached hydrogens (tertiary/aromatic N) is 1. The van der Waals surface area contributed by atoms with Gasteiger partial charge < -0.3 is 15.7 Å². The summed E-state index contributed by atoms with van der Waals surface area (Å²) < 4.78 is 18.8. The number of oxime groups is 1. The third kappa shape index (κ3) is 3.19. The van der Waals surface area contributed by atoms with Crippen LogP contribution in [0.2, 0.25) is 5.02 Å². The monoisotopic (exact) mass is 294 g/mol. The number of benzene rings is 2. The highest BCUT2D eigenvalue weighted by Crippen LogP contribution is 2.22. The van der Waals surface area contributed by atoms with E-state index in [1.807, 2.05) is 18.2 Å². The first kappa shape index (κ1) is 14.1. The van der Waals surface area contributed by atoms with Crippen molar-refractivity contribution in [3.8, 4) is 5.75 Å². The molecule has 20 heavy (non-hydrogen) atoms. The lowest BCUT2D eigenvalue weighted by atomic mass is 10.1. The highest BCUT2D eigenvalue weighted by Gasteiger charge is 2.11. The van der Waals surface area contributed by atoms with E-state index < -0.39 is 5.82 Å². The molecule has 0 aromatic heterocycles. The zero-order valence-corrected chi connectivity index (χ0v) is 11.1. The van der Waals surface area contributed by atoms with Gasteiger partial charge in [0.15, 0.2) is 5.84 Å². The molecule has 6 heteroatoms. The van der Waals surface area contributed by atoms with E-state index in [9.17, 15) is 4.39 Å². The maximum atomic E-state index is 13.2. The number of nitrogens with two attached hydrogens (primary N) is 1. The Kier molecular flexibility index (Phi) is 4.42. The molecular formula is C14H12ClFN2O2. The second-order valence-electron chi connectivity index (χ2n) is 4.01. The molecule has 0 atom stereocenters. The molecule has 4 nitrogen and oxygen atoms in total. The molecular weight excluding hydrogens is 283 g/mol. The van der Waals surface area contributed by atoms with Crippen molar-refractivity contribution in [2.24, 2.45) is 10.9 Å². The van der Waals surface area contributed by atoms with Crippen LogP contribution in [-0.4, -0.2) is 11.0 Å². The van der Waals surface area contributed by atoms with Crippen LogP contribution in [0.1, 0.15) is 11.1 Å². The zero-order chi connectivity index (χ0) is 14.5. The molecule has 2 rings (SSSR count). The van der Waals surface area contributed by atoms with E-state index in [1.54, 1.807) is 6.07 Å². The Morgan fingerprint density at radius 3 is 2.75 bits per heavy atom. The fourth-order valence-corrected chi connectivity index (χ4v) is 1.84. The molecule has 0 heterocycles. The SMILES string of the molecule is NC(=NO)c1cc(F)ccc1OCc1ccccc1Cl. The third-order valence-corrected chi connectivity index (χ3v) is 3.04. The van der Waals surface area contributed by atoms with Crippen LogP contribution >= 0.6 is 11.6 Å². The topological polar surface area (TPSA) is 67.8 Å². The molecule has 0 radical (unpaired) electrons. The number of rotatable bonds is 4. The summed E-state index contributed by atoms with van der Waals surface area (Å²) >= 11 is 6.02. The van der Waals surface area contributed by atoms with Gasteiger partial charge in [-0.25, -0.2) is 4.39 Å². The lowest BCUT2D eigenvalue weighted by Gasteiger charge is -2.11. The summed E-state index contributed by atoms with van der Waals surface area (Å²) in [6.07, 6.45) is 0. The molecule has 0 fully saturated rings. The summed E-state index contributed by atoms with van der Waals surface area (Å²) in [4.78, 5) is 0. The summed E-state index contributed by atoms with van der Waals surface area (Å²) in [5.74, 6) is -0.419. The van der Waals surface area contributed by atoms with Crippen molar-refractivity contribution in [1.82, 2.24) is 0 Å². The van der Waals surface area contributed by atoms with Gasteiger partial charge in [-0.2, -0.15) is 0 Å². The van der Waals surface area contributed by atoms with Gasteiger partial charge in [-0.1, -0.05) is 35.0 Å². The smallest absolute Gasteiger partial charge is 0.173 e. The van der Waals surface area contributed by atoms with Crippen LogP contribution in [0.3, 0.4) is 0 Å². The van der Waals surface area contributed by atoms with Crippen LogP contribution in [-0.2, 0) is 6.61 Å². The van der Waals surface area contributed by atoms with Crippen LogP contribution in [0.25, 0.3) is 0 Å². The maximum absolute atomic E-state index is 13.2. The van der Waals surface area contributed by atoms with Gasteiger partial charge in [-0.3, -0.25) is 0 Å². The minimum absolute atomic E-state index is 0.180. The van der Waals surface area contributed by atoms with E-state index in [1.165, 1.54) is 12.1 Å². The second-order valence-corrected chi connectivity index (χ2v) is 4.41. The molecule has 2 aromatic rings. The quantitative estimate of drug-likeness (QED) is 0.394. The average molecular weight is 295 g/mol. The van der Waals surface area contributed by atoms with E-state index in [-0.39, 0.29) is 18.0 Å². The normalized spacial score (nSPS) is 11.4. The predicted molar refractivity (Wildman–Crippen MR) is 74.7 cm³/mol. The summed E-state index contributed by atoms with van der Waals surface area (Å²) in [5.41, 5.74) is 6.45. The van der Waals surface area contributed by atoms with Gasteiger partial charge in [-0.05, 0) is 24.3 Å². The number of ether oxygens (including phenoxy) is 1.